The van der Waals surface area contributed by atoms with Crippen molar-refractivity contribution in [3.8, 4) is 17.0 Å². The fraction of sp³-hybridized carbons (Fsp3) is 0.211. The number of hydrogen-bond donors (Lipinski definition) is 1. The van der Waals surface area contributed by atoms with Gasteiger partial charge in [-0.05, 0) is 23.8 Å². The molecule has 0 atom stereocenters. The molecule has 0 radical (unpaired) electrons. The van der Waals surface area contributed by atoms with E-state index in [9.17, 15) is 4.79 Å². The van der Waals surface area contributed by atoms with E-state index in [4.69, 9.17) is 9.47 Å². The Morgan fingerprint density at radius 3 is 2.69 bits per heavy atom. The largest absolute Gasteiger partial charge is 0.475 e. The number of nitrogens with one attached hydrogen (secondary N) is 1. The van der Waals surface area contributed by atoms with Crippen LogP contribution in [0.3, 0.4) is 0 Å². The Balaban J connectivity index is 1.73. The third-order valence-corrected chi connectivity index (χ3v) is 4.35. The summed E-state index contributed by atoms with van der Waals surface area (Å²) in [7, 11) is 3.36. The van der Waals surface area contributed by atoms with Gasteiger partial charge in [0, 0.05) is 37.4 Å². The summed E-state index contributed by atoms with van der Waals surface area (Å²) in [5, 5.41) is 0.901. The predicted molar refractivity (Wildman–Crippen MR) is 99.4 cm³/mol. The Labute approximate surface area is 149 Å². The van der Waals surface area contributed by atoms with Crippen LogP contribution in [0.15, 0.2) is 47.5 Å². The van der Waals surface area contributed by atoms with Crippen molar-refractivity contribution in [1.82, 2.24) is 19.5 Å². The maximum Gasteiger partial charge on any atom is 0.326 e. The van der Waals surface area contributed by atoms with Gasteiger partial charge in [0.05, 0.1) is 29.4 Å². The lowest BCUT2D eigenvalue weighted by molar-refractivity contribution is 0.144. The van der Waals surface area contributed by atoms with E-state index in [0.29, 0.717) is 19.1 Å². The number of nitrogens with zero attached hydrogens (tertiary/aromatic N) is 3. The fourth-order valence-corrected chi connectivity index (χ4v) is 2.91. The first-order chi connectivity index (χ1) is 12.7. The fourth-order valence-electron chi connectivity index (χ4n) is 2.91. The molecule has 7 heteroatoms. The number of aromatic amines is 1. The second-order valence-corrected chi connectivity index (χ2v) is 5.97. The van der Waals surface area contributed by atoms with E-state index in [-0.39, 0.29) is 5.69 Å². The van der Waals surface area contributed by atoms with Gasteiger partial charge in [0.2, 0.25) is 5.88 Å². The molecule has 3 aromatic heterocycles. The van der Waals surface area contributed by atoms with Crippen LogP contribution < -0.4 is 10.4 Å². The Morgan fingerprint density at radius 2 is 1.92 bits per heavy atom. The minimum Gasteiger partial charge on any atom is -0.475 e. The summed E-state index contributed by atoms with van der Waals surface area (Å²) in [6.07, 6.45) is 3.48. The van der Waals surface area contributed by atoms with Gasteiger partial charge in [0.25, 0.3) is 0 Å². The molecule has 3 heterocycles. The highest BCUT2D eigenvalue weighted by Gasteiger charge is 2.10. The number of methoxy groups -OCH3 is 1. The number of hydrogen-bond acceptors (Lipinski definition) is 5. The highest BCUT2D eigenvalue weighted by molar-refractivity contribution is 6.03. The van der Waals surface area contributed by atoms with Crippen molar-refractivity contribution in [2.75, 3.05) is 20.3 Å². The number of aromatic nitrogens is 4. The zero-order valence-corrected chi connectivity index (χ0v) is 14.5. The van der Waals surface area contributed by atoms with E-state index in [1.54, 1.807) is 31.1 Å². The molecule has 0 aliphatic carbocycles. The molecule has 0 saturated carbocycles. The molecule has 0 saturated heterocycles. The lowest BCUT2D eigenvalue weighted by Gasteiger charge is -2.07. The molecule has 132 valence electrons. The summed E-state index contributed by atoms with van der Waals surface area (Å²) in [5.41, 5.74) is 4.19. The molecule has 0 fully saturated rings. The van der Waals surface area contributed by atoms with Crippen LogP contribution in [0, 0.1) is 0 Å². The minimum absolute atomic E-state index is 0.154. The third-order valence-electron chi connectivity index (χ3n) is 4.35. The van der Waals surface area contributed by atoms with Crippen LogP contribution in [-0.2, 0) is 11.8 Å². The van der Waals surface area contributed by atoms with Crippen LogP contribution in [-0.4, -0.2) is 39.8 Å². The number of H-pyrrole nitrogens is 1. The van der Waals surface area contributed by atoms with Gasteiger partial charge in [-0.3, -0.25) is 9.55 Å². The highest BCUT2D eigenvalue weighted by Crippen LogP contribution is 2.27. The van der Waals surface area contributed by atoms with Crippen LogP contribution >= 0.6 is 0 Å². The molecule has 7 nitrogen and oxygen atoms in total. The molecule has 0 aliphatic rings. The number of benzene rings is 1. The molecule has 0 spiro atoms. The van der Waals surface area contributed by atoms with Gasteiger partial charge in [-0.15, -0.1) is 0 Å². The Hall–Kier alpha value is -3.19. The molecule has 1 N–H and O–H groups in total. The molecule has 4 aromatic rings. The van der Waals surface area contributed by atoms with Gasteiger partial charge in [-0.1, -0.05) is 6.07 Å². The van der Waals surface area contributed by atoms with Gasteiger partial charge in [-0.25, -0.2) is 9.78 Å². The molecular weight excluding hydrogens is 332 g/mol. The van der Waals surface area contributed by atoms with E-state index in [2.05, 4.69) is 15.0 Å². The average Bonchev–Trinajstić information content (AvgIpc) is 2.97. The summed E-state index contributed by atoms with van der Waals surface area (Å²) < 4.78 is 12.0. The van der Waals surface area contributed by atoms with Crippen molar-refractivity contribution >= 4 is 21.9 Å². The first kappa shape index (κ1) is 16.3. The normalized spacial score (nSPS) is 11.3. The van der Waals surface area contributed by atoms with E-state index in [0.717, 1.165) is 33.1 Å². The van der Waals surface area contributed by atoms with Gasteiger partial charge in [0.15, 0.2) is 0 Å². The molecule has 0 unspecified atom stereocenters. The summed E-state index contributed by atoms with van der Waals surface area (Å²) in [5.74, 6) is 0.558. The molecule has 0 aliphatic heterocycles. The maximum absolute atomic E-state index is 11.9. The van der Waals surface area contributed by atoms with Gasteiger partial charge in [-0.2, -0.15) is 0 Å². The number of pyridine rings is 2. The monoisotopic (exact) mass is 350 g/mol. The van der Waals surface area contributed by atoms with E-state index < -0.39 is 0 Å². The van der Waals surface area contributed by atoms with Gasteiger partial charge >= 0.3 is 5.69 Å². The smallest absolute Gasteiger partial charge is 0.326 e. The SMILES string of the molecule is COCCOc1ccc(-c2ccc3ncc4c([nH]c(=O)n4C)c3c2)cn1. The molecule has 4 rings (SSSR count). The quantitative estimate of drug-likeness (QED) is 0.559. The lowest BCUT2D eigenvalue weighted by atomic mass is 10.0. The second-order valence-electron chi connectivity index (χ2n) is 5.97. The number of rotatable bonds is 5. The average molecular weight is 350 g/mol. The third kappa shape index (κ3) is 2.82. The van der Waals surface area contributed by atoms with Gasteiger partial charge in [0.1, 0.15) is 6.61 Å². The lowest BCUT2D eigenvalue weighted by Crippen LogP contribution is -2.11. The Morgan fingerprint density at radius 1 is 1.08 bits per heavy atom. The van der Waals surface area contributed by atoms with E-state index in [1.165, 1.54) is 0 Å². The highest BCUT2D eigenvalue weighted by atomic mass is 16.5. The van der Waals surface area contributed by atoms with Crippen molar-refractivity contribution in [2.24, 2.45) is 7.05 Å². The zero-order chi connectivity index (χ0) is 18.1. The first-order valence-electron chi connectivity index (χ1n) is 8.23. The summed E-state index contributed by atoms with van der Waals surface area (Å²) in [6, 6.07) is 9.74. The predicted octanol–water partition coefficient (Wildman–Crippen LogP) is 2.50. The number of fused-ring (bicyclic) bond motifs is 3. The topological polar surface area (TPSA) is 82.0 Å². The summed E-state index contributed by atoms with van der Waals surface area (Å²) in [6.45, 7) is 0.982. The van der Waals surface area contributed by atoms with Crippen LogP contribution in [0.1, 0.15) is 0 Å². The Bertz CT molecular complexity index is 1130. The van der Waals surface area contributed by atoms with E-state index >= 15 is 0 Å². The maximum atomic E-state index is 11.9. The minimum atomic E-state index is -0.154. The zero-order valence-electron chi connectivity index (χ0n) is 14.5. The summed E-state index contributed by atoms with van der Waals surface area (Å²) >= 11 is 0. The molecular formula is C19H18N4O3. The second kappa shape index (κ2) is 6.61. The molecule has 0 bridgehead atoms. The van der Waals surface area contributed by atoms with E-state index in [1.807, 2.05) is 30.3 Å². The van der Waals surface area contributed by atoms with Crippen molar-refractivity contribution in [3.05, 3.63) is 53.2 Å². The first-order valence-corrected chi connectivity index (χ1v) is 8.23. The Kier molecular flexibility index (Phi) is 4.14. The van der Waals surface area contributed by atoms with Gasteiger partial charge < -0.3 is 14.5 Å². The van der Waals surface area contributed by atoms with Crippen molar-refractivity contribution in [1.29, 1.82) is 0 Å². The number of ether oxygens (including phenoxy) is 2. The summed E-state index contributed by atoms with van der Waals surface area (Å²) in [4.78, 5) is 23.6. The van der Waals surface area contributed by atoms with Crippen LogP contribution in [0.2, 0.25) is 0 Å². The molecule has 1 aromatic carbocycles. The molecule has 0 amide bonds. The van der Waals surface area contributed by atoms with Crippen molar-refractivity contribution in [2.45, 2.75) is 0 Å². The van der Waals surface area contributed by atoms with Crippen LogP contribution in [0.5, 0.6) is 5.88 Å². The standard InChI is InChI=1S/C19H18N4O3/c1-23-16-11-20-15-5-3-12(9-14(15)18(16)22-19(23)24)13-4-6-17(21-10-13)26-8-7-25-2/h3-6,9-11H,7-8H2,1-2H3,(H,22,24). The molecule has 26 heavy (non-hydrogen) atoms. The number of aryl methyl sites for hydroxylation is 1. The van der Waals surface area contributed by atoms with Crippen LogP contribution in [0.4, 0.5) is 0 Å². The van der Waals surface area contributed by atoms with Crippen LogP contribution in [0.25, 0.3) is 33.1 Å². The van der Waals surface area contributed by atoms with Crippen molar-refractivity contribution < 1.29 is 9.47 Å². The van der Waals surface area contributed by atoms with Crippen molar-refractivity contribution in [3.63, 3.8) is 0 Å². The number of imidazole rings is 1.